The summed E-state index contributed by atoms with van der Waals surface area (Å²) in [7, 11) is 1.51. The maximum atomic E-state index is 8.02. The highest BCUT2D eigenvalue weighted by Crippen LogP contribution is 1.80. The molecule has 0 aliphatic heterocycles. The van der Waals surface area contributed by atoms with Gasteiger partial charge in [-0.2, -0.15) is 10.5 Å². The first-order valence-corrected chi connectivity index (χ1v) is 2.02. The Hall–Kier alpha value is -1.82. The predicted octanol–water partition coefficient (Wildman–Crippen LogP) is -0.248. The van der Waals surface area contributed by atoms with E-state index in [1.54, 1.807) is 0 Å². The van der Waals surface area contributed by atoms with E-state index in [-0.39, 0.29) is 0 Å². The van der Waals surface area contributed by atoms with Crippen molar-refractivity contribution in [2.45, 2.75) is 0 Å². The van der Waals surface area contributed by atoms with Crippen LogP contribution in [0.25, 0.3) is 0 Å². The summed E-state index contributed by atoms with van der Waals surface area (Å²) in [5.41, 5.74) is 2.28. The number of hydrogen-bond donors (Lipinski definition) is 1. The van der Waals surface area contributed by atoms with Crippen LogP contribution < -0.4 is 5.43 Å². The molecule has 0 atom stereocenters. The Kier molecular flexibility index (Phi) is 3.46. The van der Waals surface area contributed by atoms with Gasteiger partial charge in [-0.15, -0.1) is 0 Å². The van der Waals surface area contributed by atoms with E-state index in [4.69, 9.17) is 10.5 Å². The predicted molar refractivity (Wildman–Crippen MR) is 27.0 cm³/mol. The van der Waals surface area contributed by atoms with E-state index >= 15 is 0 Å². The highest BCUT2D eigenvalue weighted by atomic mass is 15.6. The zero-order valence-electron chi connectivity index (χ0n) is 4.74. The number of nitrogens with zero attached hydrogens (tertiary/aromatic N) is 5. The lowest BCUT2D eigenvalue weighted by atomic mass is 11.1. The van der Waals surface area contributed by atoms with Gasteiger partial charge in [0, 0.05) is 7.05 Å². The first kappa shape index (κ1) is 7.18. The SMILES string of the molecule is CN/N=N\N(C#N)C#N. The summed E-state index contributed by atoms with van der Waals surface area (Å²) in [5, 5.41) is 22.8. The van der Waals surface area contributed by atoms with Crippen molar-refractivity contribution >= 4 is 0 Å². The maximum Gasteiger partial charge on any atom is 0.218 e. The van der Waals surface area contributed by atoms with Crippen LogP contribution >= 0.6 is 0 Å². The molecule has 0 heterocycles. The summed E-state index contributed by atoms with van der Waals surface area (Å²) < 4.78 is 0. The molecule has 6 nitrogen and oxygen atoms in total. The Labute approximate surface area is 52.0 Å². The molecular formula is C3H4N6. The molecule has 0 aliphatic carbocycles. The van der Waals surface area contributed by atoms with Crippen LogP contribution in [0, 0.1) is 22.9 Å². The standard InChI is InChI=1S/C3H4N6/c1-6-7-8-9(2-4)3-5/h1H3,(H,6,8). The normalized spacial score (nSPS) is 7.89. The van der Waals surface area contributed by atoms with Crippen LogP contribution in [0.4, 0.5) is 0 Å². The summed E-state index contributed by atoms with van der Waals surface area (Å²) in [4.78, 5) is 0. The van der Waals surface area contributed by atoms with Gasteiger partial charge in [-0.25, -0.2) is 0 Å². The Bertz CT molecular complexity index is 156. The van der Waals surface area contributed by atoms with E-state index in [1.165, 1.54) is 19.4 Å². The molecule has 0 fully saturated rings. The minimum absolute atomic E-state index is 0.469. The Morgan fingerprint density at radius 1 is 1.44 bits per heavy atom. The van der Waals surface area contributed by atoms with Crippen LogP contribution in [-0.2, 0) is 0 Å². The lowest BCUT2D eigenvalue weighted by molar-refractivity contribution is 0.511. The molecule has 0 spiro atoms. The molecule has 0 saturated carbocycles. The van der Waals surface area contributed by atoms with Gasteiger partial charge in [-0.3, -0.25) is 5.43 Å². The van der Waals surface area contributed by atoms with E-state index < -0.39 is 0 Å². The molecular weight excluding hydrogens is 120 g/mol. The number of hydrogen-bond acceptors (Lipinski definition) is 4. The lowest BCUT2D eigenvalue weighted by Gasteiger charge is -1.89. The summed E-state index contributed by atoms with van der Waals surface area (Å²) in [6.45, 7) is 0. The van der Waals surface area contributed by atoms with E-state index in [2.05, 4.69) is 15.9 Å². The summed E-state index contributed by atoms with van der Waals surface area (Å²) >= 11 is 0. The smallest absolute Gasteiger partial charge is 0.218 e. The second kappa shape index (κ2) is 4.34. The Morgan fingerprint density at radius 2 is 2.00 bits per heavy atom. The fourth-order valence-corrected chi connectivity index (χ4v) is 0.152. The quantitative estimate of drug-likeness (QED) is 0.238. The minimum Gasteiger partial charge on any atom is -0.293 e. The fourth-order valence-electron chi connectivity index (χ4n) is 0.152. The molecule has 0 aromatic heterocycles. The monoisotopic (exact) mass is 124 g/mol. The molecule has 9 heavy (non-hydrogen) atoms. The fraction of sp³-hybridized carbons (Fsp3) is 0.333. The summed E-state index contributed by atoms with van der Waals surface area (Å²) in [6.07, 6.45) is 2.92. The van der Waals surface area contributed by atoms with E-state index in [0.717, 1.165) is 0 Å². The lowest BCUT2D eigenvalue weighted by Crippen LogP contribution is -2.01. The van der Waals surface area contributed by atoms with Gasteiger partial charge in [0.25, 0.3) is 0 Å². The zero-order valence-corrected chi connectivity index (χ0v) is 4.74. The van der Waals surface area contributed by atoms with Gasteiger partial charge in [0.2, 0.25) is 12.4 Å². The number of nitriles is 2. The third kappa shape index (κ3) is 2.83. The molecule has 0 radical (unpaired) electrons. The summed E-state index contributed by atoms with van der Waals surface area (Å²) in [6, 6.07) is 0. The van der Waals surface area contributed by atoms with Crippen molar-refractivity contribution in [2.24, 2.45) is 10.4 Å². The van der Waals surface area contributed by atoms with E-state index in [9.17, 15) is 0 Å². The molecule has 0 saturated heterocycles. The van der Waals surface area contributed by atoms with Crippen molar-refractivity contribution in [2.75, 3.05) is 7.05 Å². The number of rotatable bonds is 2. The molecule has 0 aromatic rings. The average Bonchev–Trinajstić information content (AvgIpc) is 1.91. The van der Waals surface area contributed by atoms with Crippen LogP contribution in [0.15, 0.2) is 10.4 Å². The van der Waals surface area contributed by atoms with Crippen LogP contribution in [0.1, 0.15) is 0 Å². The second-order valence-corrected chi connectivity index (χ2v) is 0.925. The molecule has 0 unspecified atom stereocenters. The molecule has 0 rings (SSSR count). The molecule has 0 amide bonds. The Morgan fingerprint density at radius 3 is 2.33 bits per heavy atom. The summed E-state index contributed by atoms with van der Waals surface area (Å²) in [5.74, 6) is 0. The number of nitrogens with one attached hydrogen (secondary N) is 1. The van der Waals surface area contributed by atoms with Gasteiger partial charge >= 0.3 is 0 Å². The van der Waals surface area contributed by atoms with E-state index in [1.807, 2.05) is 0 Å². The topological polar surface area (TPSA) is 87.6 Å². The van der Waals surface area contributed by atoms with Crippen molar-refractivity contribution in [1.82, 2.24) is 10.4 Å². The van der Waals surface area contributed by atoms with Crippen LogP contribution in [0.3, 0.4) is 0 Å². The average molecular weight is 124 g/mol. The third-order valence-corrected chi connectivity index (χ3v) is 0.424. The molecule has 6 heteroatoms. The molecule has 0 aromatic carbocycles. The van der Waals surface area contributed by atoms with Crippen LogP contribution in [0.2, 0.25) is 0 Å². The molecule has 1 N–H and O–H groups in total. The minimum atomic E-state index is 0.469. The van der Waals surface area contributed by atoms with Crippen molar-refractivity contribution in [3.63, 3.8) is 0 Å². The van der Waals surface area contributed by atoms with Gasteiger partial charge in [0.05, 0.1) is 0 Å². The van der Waals surface area contributed by atoms with Gasteiger partial charge in [0.1, 0.15) is 0 Å². The van der Waals surface area contributed by atoms with Gasteiger partial charge in [-0.05, 0) is 5.22 Å². The van der Waals surface area contributed by atoms with Gasteiger partial charge in [0.15, 0.2) is 0 Å². The second-order valence-electron chi connectivity index (χ2n) is 0.925. The maximum absolute atomic E-state index is 8.02. The van der Waals surface area contributed by atoms with Crippen LogP contribution in [-0.4, -0.2) is 12.1 Å². The largest absolute Gasteiger partial charge is 0.293 e. The van der Waals surface area contributed by atoms with E-state index in [0.29, 0.717) is 5.01 Å². The first-order valence-electron chi connectivity index (χ1n) is 2.02. The highest BCUT2D eigenvalue weighted by molar-refractivity contribution is 4.80. The highest BCUT2D eigenvalue weighted by Gasteiger charge is 1.90. The Balaban J connectivity index is 3.77. The zero-order chi connectivity index (χ0) is 7.11. The molecule has 46 valence electrons. The van der Waals surface area contributed by atoms with Gasteiger partial charge < -0.3 is 0 Å². The molecule has 0 bridgehead atoms. The first-order chi connectivity index (χ1) is 4.35. The van der Waals surface area contributed by atoms with Crippen molar-refractivity contribution in [1.29, 1.82) is 10.5 Å². The van der Waals surface area contributed by atoms with Crippen molar-refractivity contribution < 1.29 is 0 Å². The molecule has 0 aliphatic rings. The van der Waals surface area contributed by atoms with Crippen LogP contribution in [0.5, 0.6) is 0 Å². The van der Waals surface area contributed by atoms with Crippen molar-refractivity contribution in [3.05, 3.63) is 0 Å². The van der Waals surface area contributed by atoms with Crippen molar-refractivity contribution in [3.8, 4) is 12.4 Å². The van der Waals surface area contributed by atoms with Gasteiger partial charge in [-0.1, -0.05) is 10.2 Å². The third-order valence-electron chi connectivity index (χ3n) is 0.424.